The molecule has 0 radical (unpaired) electrons. The van der Waals surface area contributed by atoms with Crippen molar-refractivity contribution in [3.05, 3.63) is 59.4 Å². The van der Waals surface area contributed by atoms with Gasteiger partial charge in [-0.25, -0.2) is 9.18 Å². The van der Waals surface area contributed by atoms with Gasteiger partial charge in [0, 0.05) is 16.4 Å². The number of ether oxygens (including phenoxy) is 1. The lowest BCUT2D eigenvalue weighted by Gasteiger charge is -2.22. The van der Waals surface area contributed by atoms with Crippen LogP contribution in [0, 0.1) is 17.7 Å². The number of hydrogen-bond donors (Lipinski definition) is 1. The number of aliphatic carboxylic acids is 1. The summed E-state index contributed by atoms with van der Waals surface area (Å²) in [5.74, 6) is -1.75. The van der Waals surface area contributed by atoms with Crippen LogP contribution in [0.15, 0.2) is 47.4 Å². The van der Waals surface area contributed by atoms with Crippen molar-refractivity contribution in [2.75, 3.05) is 6.26 Å². The number of halogens is 1. The van der Waals surface area contributed by atoms with E-state index in [0.717, 1.165) is 16.9 Å². The summed E-state index contributed by atoms with van der Waals surface area (Å²) in [6, 6.07) is 12.2. The molecular weight excluding hydrogens is 403 g/mol. The summed E-state index contributed by atoms with van der Waals surface area (Å²) >= 11 is 1.64. The van der Waals surface area contributed by atoms with Gasteiger partial charge in [0.2, 0.25) is 0 Å². The van der Waals surface area contributed by atoms with Crippen LogP contribution < -0.4 is 4.74 Å². The Hall–Kier alpha value is -2.34. The molecule has 162 valence electrons. The quantitative estimate of drug-likeness (QED) is 0.375. The van der Waals surface area contributed by atoms with Crippen LogP contribution in [-0.2, 0) is 11.2 Å². The molecule has 6 heteroatoms. The first kappa shape index (κ1) is 23.9. The average molecular weight is 433 g/mol. The molecule has 0 aliphatic rings. The minimum absolute atomic E-state index is 0.0866. The van der Waals surface area contributed by atoms with E-state index in [1.807, 2.05) is 44.4 Å². The normalized spacial score (nSPS) is 13.5. The predicted molar refractivity (Wildman–Crippen MR) is 118 cm³/mol. The van der Waals surface area contributed by atoms with Crippen LogP contribution in [0.4, 0.5) is 4.39 Å². The summed E-state index contributed by atoms with van der Waals surface area (Å²) < 4.78 is 19.7. The molecule has 2 aromatic rings. The fourth-order valence-corrected chi connectivity index (χ4v) is 3.43. The average Bonchev–Trinajstić information content (AvgIpc) is 2.72. The highest BCUT2D eigenvalue weighted by Gasteiger charge is 2.30. The molecule has 0 saturated carbocycles. The molecule has 30 heavy (non-hydrogen) atoms. The Kier molecular flexibility index (Phi) is 8.07. The maximum absolute atomic E-state index is 14.4. The molecule has 2 atom stereocenters. The zero-order valence-corrected chi connectivity index (χ0v) is 18.9. The van der Waals surface area contributed by atoms with Crippen molar-refractivity contribution in [3.8, 4) is 5.75 Å². The number of aryl methyl sites for hydroxylation is 1. The van der Waals surface area contributed by atoms with Crippen LogP contribution in [0.2, 0.25) is 0 Å². The number of hydrogen-bond acceptors (Lipinski definition) is 4. The molecule has 0 amide bonds. The number of carboxylic acid groups (broad SMARTS) is 1. The van der Waals surface area contributed by atoms with Gasteiger partial charge in [0.25, 0.3) is 0 Å². The van der Waals surface area contributed by atoms with Gasteiger partial charge < -0.3 is 9.84 Å². The number of carbonyl (C=O) groups excluding carboxylic acids is 1. The van der Waals surface area contributed by atoms with E-state index < -0.39 is 17.4 Å². The number of ketones is 1. The molecule has 0 bridgehead atoms. The lowest BCUT2D eigenvalue weighted by atomic mass is 9.85. The largest absolute Gasteiger partial charge is 0.478 e. The van der Waals surface area contributed by atoms with Crippen LogP contribution in [0.25, 0.3) is 0 Å². The molecule has 0 saturated heterocycles. The molecule has 1 N–H and O–H groups in total. The fourth-order valence-electron chi connectivity index (χ4n) is 3.02. The van der Waals surface area contributed by atoms with Gasteiger partial charge in [-0.3, -0.25) is 4.79 Å². The molecule has 0 fully saturated rings. The van der Waals surface area contributed by atoms with Gasteiger partial charge in [0.1, 0.15) is 0 Å². The third-order valence-electron chi connectivity index (χ3n) is 5.41. The van der Waals surface area contributed by atoms with Crippen molar-refractivity contribution in [2.45, 2.75) is 51.0 Å². The van der Waals surface area contributed by atoms with Gasteiger partial charge in [-0.15, -0.1) is 11.8 Å². The topological polar surface area (TPSA) is 63.6 Å². The Morgan fingerprint density at radius 2 is 1.77 bits per heavy atom. The predicted octanol–water partition coefficient (Wildman–Crippen LogP) is 5.88. The van der Waals surface area contributed by atoms with E-state index in [1.54, 1.807) is 17.8 Å². The number of benzene rings is 2. The highest BCUT2D eigenvalue weighted by molar-refractivity contribution is 7.98. The second kappa shape index (κ2) is 10.1. The van der Waals surface area contributed by atoms with Crippen LogP contribution in [0.3, 0.4) is 0 Å². The third kappa shape index (κ3) is 6.08. The minimum atomic E-state index is -1.51. The zero-order valence-electron chi connectivity index (χ0n) is 18.1. The number of rotatable bonds is 10. The maximum atomic E-state index is 14.4. The highest BCUT2D eigenvalue weighted by atomic mass is 32.2. The van der Waals surface area contributed by atoms with Gasteiger partial charge in [-0.05, 0) is 68.7 Å². The molecule has 0 heterocycles. The van der Waals surface area contributed by atoms with Crippen LogP contribution in [0.1, 0.15) is 50.0 Å². The zero-order chi connectivity index (χ0) is 22.5. The van der Waals surface area contributed by atoms with E-state index in [4.69, 9.17) is 9.84 Å². The van der Waals surface area contributed by atoms with Crippen molar-refractivity contribution in [1.29, 1.82) is 0 Å². The monoisotopic (exact) mass is 432 g/mol. The van der Waals surface area contributed by atoms with Gasteiger partial charge in [0.15, 0.2) is 23.0 Å². The third-order valence-corrected chi connectivity index (χ3v) is 6.15. The summed E-state index contributed by atoms with van der Waals surface area (Å²) in [6.45, 7) is 6.71. The number of carboxylic acids is 1. The first-order valence-electron chi connectivity index (χ1n) is 9.94. The number of carbonyl (C=O) groups is 2. The Morgan fingerprint density at radius 1 is 1.13 bits per heavy atom. The smallest absolute Gasteiger partial charge is 0.347 e. The summed E-state index contributed by atoms with van der Waals surface area (Å²) in [6.07, 6.45) is 3.34. The fraction of sp³-hybridized carbons (Fsp3) is 0.417. The molecule has 4 nitrogen and oxygen atoms in total. The maximum Gasteiger partial charge on any atom is 0.347 e. The number of Topliss-reactive ketones (excluding diaryl/α,β-unsaturated/α-hetero) is 1. The first-order valence-corrected chi connectivity index (χ1v) is 11.2. The molecule has 1 unspecified atom stereocenters. The molecule has 0 spiro atoms. The minimum Gasteiger partial charge on any atom is -0.478 e. The van der Waals surface area contributed by atoms with Crippen molar-refractivity contribution in [1.82, 2.24) is 0 Å². The van der Waals surface area contributed by atoms with Crippen LogP contribution in [-0.4, -0.2) is 28.7 Å². The first-order chi connectivity index (χ1) is 14.0. The van der Waals surface area contributed by atoms with Gasteiger partial charge in [0.05, 0.1) is 0 Å². The van der Waals surface area contributed by atoms with E-state index in [1.165, 1.54) is 26.0 Å². The molecule has 2 rings (SSSR count). The van der Waals surface area contributed by atoms with Crippen molar-refractivity contribution < 1.29 is 23.8 Å². The van der Waals surface area contributed by atoms with Crippen molar-refractivity contribution in [2.24, 2.45) is 11.8 Å². The molecule has 2 aromatic carbocycles. The Labute approximate surface area is 181 Å². The van der Waals surface area contributed by atoms with Crippen molar-refractivity contribution in [3.63, 3.8) is 0 Å². The molecular formula is C24H29FO4S. The Morgan fingerprint density at radius 3 is 2.30 bits per heavy atom. The van der Waals surface area contributed by atoms with Crippen molar-refractivity contribution >= 4 is 23.5 Å². The molecule has 0 aliphatic heterocycles. The number of thioether (sulfide) groups is 1. The lowest BCUT2D eigenvalue weighted by molar-refractivity contribution is -0.152. The van der Waals surface area contributed by atoms with E-state index in [9.17, 15) is 14.0 Å². The van der Waals surface area contributed by atoms with E-state index in [-0.39, 0.29) is 23.4 Å². The summed E-state index contributed by atoms with van der Waals surface area (Å²) in [5, 5.41) is 9.12. The van der Waals surface area contributed by atoms with Gasteiger partial charge in [-0.2, -0.15) is 0 Å². The Bertz CT molecular complexity index is 893. The van der Waals surface area contributed by atoms with E-state index in [2.05, 4.69) is 0 Å². The molecule has 0 aromatic heterocycles. The SMILES string of the molecule is CSc1ccc(C(=O)C(C)[C@H](C)CCc2ccc(OC(C)(C)C(=O)O)c(F)c2)cc1. The molecule has 0 aliphatic carbocycles. The van der Waals surface area contributed by atoms with E-state index >= 15 is 0 Å². The Balaban J connectivity index is 1.97. The van der Waals surface area contributed by atoms with Gasteiger partial charge >= 0.3 is 5.97 Å². The summed E-state index contributed by atoms with van der Waals surface area (Å²) in [4.78, 5) is 25.0. The second-order valence-electron chi connectivity index (χ2n) is 8.08. The van der Waals surface area contributed by atoms with Crippen LogP contribution >= 0.6 is 11.8 Å². The standard InChI is InChI=1S/C24H29FO4S/c1-15(16(2)22(26)18-9-11-19(30-5)12-10-18)6-7-17-8-13-21(20(25)14-17)29-24(3,4)23(27)28/h8-16H,6-7H2,1-5H3,(H,27,28)/t15-,16?/m1/s1. The summed E-state index contributed by atoms with van der Waals surface area (Å²) in [5.41, 5.74) is -0.0229. The lowest BCUT2D eigenvalue weighted by Crippen LogP contribution is -2.38. The van der Waals surface area contributed by atoms with Gasteiger partial charge in [-0.1, -0.05) is 32.0 Å². The highest BCUT2D eigenvalue weighted by Crippen LogP contribution is 2.27. The van der Waals surface area contributed by atoms with E-state index in [0.29, 0.717) is 12.0 Å². The summed E-state index contributed by atoms with van der Waals surface area (Å²) in [7, 11) is 0. The van der Waals surface area contributed by atoms with Crippen LogP contribution in [0.5, 0.6) is 5.75 Å². The second-order valence-corrected chi connectivity index (χ2v) is 8.96.